The van der Waals surface area contributed by atoms with Gasteiger partial charge in [0.2, 0.25) is 0 Å². The largest absolute Gasteiger partial charge is 0.523 e. The van der Waals surface area contributed by atoms with Gasteiger partial charge in [-0.05, 0) is 22.0 Å². The van der Waals surface area contributed by atoms with Crippen LogP contribution in [-0.2, 0) is 14.3 Å². The van der Waals surface area contributed by atoms with E-state index in [-0.39, 0.29) is 10.7 Å². The fourth-order valence-electron chi connectivity index (χ4n) is 1.44. The molecule has 0 amide bonds. The van der Waals surface area contributed by atoms with E-state index in [9.17, 15) is 21.6 Å². The molecule has 0 aromatic carbocycles. The highest BCUT2D eigenvalue weighted by atomic mass is 79.9. The Bertz CT molecular complexity index is 678. The van der Waals surface area contributed by atoms with Gasteiger partial charge in [0.15, 0.2) is 6.23 Å². The molecule has 1 aromatic heterocycles. The number of nitrogens with one attached hydrogen (secondary N) is 1. The summed E-state index contributed by atoms with van der Waals surface area (Å²) in [5.41, 5.74) is -5.02. The van der Waals surface area contributed by atoms with Crippen molar-refractivity contribution in [2.75, 3.05) is 0 Å². The number of rotatable bonds is 2. The van der Waals surface area contributed by atoms with E-state index in [1.54, 1.807) is 0 Å². The summed E-state index contributed by atoms with van der Waals surface area (Å²) in [6.07, 6.45) is 1.00. The second kappa shape index (κ2) is 5.17. The molecule has 0 bridgehead atoms. The molecule has 1 aliphatic rings. The lowest BCUT2D eigenvalue weighted by Crippen LogP contribution is -2.32. The van der Waals surface area contributed by atoms with E-state index in [0.717, 1.165) is 0 Å². The van der Waals surface area contributed by atoms with Gasteiger partial charge in [0.25, 0.3) is 0 Å². The van der Waals surface area contributed by atoms with E-state index < -0.39 is 21.9 Å². The molecule has 110 valence electrons. The third kappa shape index (κ3) is 2.92. The highest BCUT2D eigenvalue weighted by molar-refractivity contribution is 9.15. The van der Waals surface area contributed by atoms with Crippen LogP contribution in [0.2, 0.25) is 5.15 Å². The van der Waals surface area contributed by atoms with Crippen LogP contribution in [0, 0.1) is 0 Å². The van der Waals surface area contributed by atoms with E-state index >= 15 is 0 Å². The van der Waals surface area contributed by atoms with Crippen molar-refractivity contribution < 1.29 is 25.8 Å². The van der Waals surface area contributed by atoms with E-state index in [2.05, 4.69) is 30.4 Å². The van der Waals surface area contributed by atoms with Crippen LogP contribution in [0.3, 0.4) is 0 Å². The normalized spacial score (nSPS) is 19.1. The molecule has 0 saturated heterocycles. The van der Waals surface area contributed by atoms with Gasteiger partial charge in [-0.25, -0.2) is 9.17 Å². The van der Waals surface area contributed by atoms with E-state index in [1.807, 2.05) is 0 Å². The van der Waals surface area contributed by atoms with Gasteiger partial charge in [0.1, 0.15) is 5.15 Å². The van der Waals surface area contributed by atoms with Gasteiger partial charge in [-0.2, -0.15) is 21.6 Å². The lowest BCUT2D eigenvalue weighted by atomic mass is 10.1. The molecule has 0 radical (unpaired) electrons. The van der Waals surface area contributed by atoms with E-state index in [0.29, 0.717) is 10.0 Å². The second-order valence-corrected chi connectivity index (χ2v) is 6.43. The van der Waals surface area contributed by atoms with Gasteiger partial charge < -0.3 is 5.32 Å². The predicted octanol–water partition coefficient (Wildman–Crippen LogP) is 2.90. The van der Waals surface area contributed by atoms with Crippen LogP contribution < -0.4 is 5.32 Å². The molecule has 5 nitrogen and oxygen atoms in total. The Morgan fingerprint density at radius 2 is 2.10 bits per heavy atom. The van der Waals surface area contributed by atoms with Crippen LogP contribution in [-0.4, -0.2) is 18.9 Å². The first kappa shape index (κ1) is 15.5. The smallest absolute Gasteiger partial charge is 0.360 e. The number of alkyl halides is 3. The van der Waals surface area contributed by atoms with Crippen molar-refractivity contribution >= 4 is 42.1 Å². The molecule has 20 heavy (non-hydrogen) atoms. The monoisotopic (exact) mass is 392 g/mol. The third-order valence-corrected chi connectivity index (χ3v) is 4.19. The van der Waals surface area contributed by atoms with E-state index in [1.165, 1.54) is 18.5 Å². The minimum atomic E-state index is -5.74. The molecule has 1 N–H and O–H groups in total. The van der Waals surface area contributed by atoms with Crippen molar-refractivity contribution in [3.05, 3.63) is 34.7 Å². The highest BCUT2D eigenvalue weighted by Crippen LogP contribution is 2.36. The number of pyridine rings is 1. The van der Waals surface area contributed by atoms with Gasteiger partial charge in [-0.1, -0.05) is 11.6 Å². The van der Waals surface area contributed by atoms with Gasteiger partial charge in [-0.15, -0.1) is 0 Å². The van der Waals surface area contributed by atoms with Gasteiger partial charge >= 0.3 is 15.6 Å². The van der Waals surface area contributed by atoms with Crippen LogP contribution in [0.4, 0.5) is 13.2 Å². The molecule has 0 fully saturated rings. The second-order valence-electron chi connectivity index (χ2n) is 3.63. The number of nitrogens with zero attached hydrogens (tertiary/aromatic N) is 1. The number of fused-ring (bicyclic) bond motifs is 1. The van der Waals surface area contributed by atoms with Gasteiger partial charge in [0, 0.05) is 28.0 Å². The summed E-state index contributed by atoms with van der Waals surface area (Å²) < 4.78 is 63.6. The molecule has 1 atom stereocenters. The Labute approximate surface area is 125 Å². The molecule has 1 unspecified atom stereocenters. The maximum absolute atomic E-state index is 12.3. The Morgan fingerprint density at radius 1 is 1.45 bits per heavy atom. The maximum atomic E-state index is 12.3. The minimum Gasteiger partial charge on any atom is -0.360 e. The molecule has 2 heterocycles. The first-order valence-electron chi connectivity index (χ1n) is 4.89. The van der Waals surface area contributed by atoms with Crippen LogP contribution >= 0.6 is 27.5 Å². The first-order chi connectivity index (χ1) is 9.12. The Morgan fingerprint density at radius 3 is 2.70 bits per heavy atom. The Hall–Kier alpha value is -0.840. The standard InChI is InChI=1S/C9H5BrClF3N2O3S/c10-6-3-16-8(19-20(17,18)9(12,13)14)4-1-7(11)15-2-5(4)6/h1-3,8,16H. The molecular formula is C9H5BrClF3N2O3S. The van der Waals surface area contributed by atoms with Crippen molar-refractivity contribution in [3.8, 4) is 0 Å². The highest BCUT2D eigenvalue weighted by Gasteiger charge is 2.49. The number of aromatic nitrogens is 1. The summed E-state index contributed by atoms with van der Waals surface area (Å²) >= 11 is 8.80. The molecule has 0 saturated carbocycles. The summed E-state index contributed by atoms with van der Waals surface area (Å²) in [6, 6.07) is 1.22. The first-order valence-corrected chi connectivity index (χ1v) is 7.47. The Kier molecular flexibility index (Phi) is 4.02. The quantitative estimate of drug-likeness (QED) is 0.475. The molecule has 11 heteroatoms. The summed E-state index contributed by atoms with van der Waals surface area (Å²) in [6.45, 7) is 0. The topological polar surface area (TPSA) is 68.3 Å². The summed E-state index contributed by atoms with van der Waals surface area (Å²) in [5.74, 6) is 0. The average molecular weight is 394 g/mol. The van der Waals surface area contributed by atoms with Crippen LogP contribution in [0.25, 0.3) is 4.48 Å². The number of halogens is 5. The van der Waals surface area contributed by atoms with Crippen molar-refractivity contribution in [1.82, 2.24) is 10.3 Å². The molecule has 0 spiro atoms. The number of hydrogen-bond acceptors (Lipinski definition) is 5. The number of hydrogen-bond donors (Lipinski definition) is 1. The summed E-state index contributed by atoms with van der Waals surface area (Å²) in [5, 5.41) is 2.38. The van der Waals surface area contributed by atoms with Crippen molar-refractivity contribution in [2.24, 2.45) is 0 Å². The zero-order valence-corrected chi connectivity index (χ0v) is 12.4. The summed E-state index contributed by atoms with van der Waals surface area (Å²) in [7, 11) is -5.74. The van der Waals surface area contributed by atoms with Crippen molar-refractivity contribution in [2.45, 2.75) is 11.7 Å². The molecule has 2 rings (SSSR count). The van der Waals surface area contributed by atoms with Crippen LogP contribution in [0.5, 0.6) is 0 Å². The van der Waals surface area contributed by atoms with Gasteiger partial charge in [0.05, 0.1) is 0 Å². The van der Waals surface area contributed by atoms with Gasteiger partial charge in [-0.3, -0.25) is 0 Å². The van der Waals surface area contributed by atoms with Crippen LogP contribution in [0.15, 0.2) is 18.5 Å². The SMILES string of the molecule is O=S(=O)(OC1NC=C(Br)c2cnc(Cl)cc21)C(F)(F)F. The lowest BCUT2D eigenvalue weighted by molar-refractivity contribution is -0.0583. The zero-order valence-electron chi connectivity index (χ0n) is 9.28. The molecular weight excluding hydrogens is 389 g/mol. The van der Waals surface area contributed by atoms with Crippen molar-refractivity contribution in [1.29, 1.82) is 0 Å². The maximum Gasteiger partial charge on any atom is 0.523 e. The molecule has 1 aliphatic heterocycles. The van der Waals surface area contributed by atoms with E-state index in [4.69, 9.17) is 11.6 Å². The third-order valence-electron chi connectivity index (χ3n) is 2.31. The zero-order chi connectivity index (χ0) is 15.1. The molecule has 1 aromatic rings. The lowest BCUT2D eigenvalue weighted by Gasteiger charge is -2.25. The summed E-state index contributed by atoms with van der Waals surface area (Å²) in [4.78, 5) is 3.76. The predicted molar refractivity (Wildman–Crippen MR) is 68.1 cm³/mol. The minimum absolute atomic E-state index is 0.00856. The van der Waals surface area contributed by atoms with Crippen molar-refractivity contribution in [3.63, 3.8) is 0 Å². The fraction of sp³-hybridized carbons (Fsp3) is 0.222. The fourth-order valence-corrected chi connectivity index (χ4v) is 2.59. The molecule has 0 aliphatic carbocycles. The average Bonchev–Trinajstić information content (AvgIpc) is 2.31. The van der Waals surface area contributed by atoms with Crippen LogP contribution in [0.1, 0.15) is 17.4 Å². The Balaban J connectivity index is 2.41.